The monoisotopic (exact) mass is 335 g/mol. The maximum Gasteiger partial charge on any atom is 0.254 e. The van der Waals surface area contributed by atoms with Crippen molar-refractivity contribution in [3.05, 3.63) is 70.8 Å². The van der Waals surface area contributed by atoms with E-state index in [1.165, 1.54) is 0 Å². The molecule has 0 radical (unpaired) electrons. The van der Waals surface area contributed by atoms with Gasteiger partial charge in [-0.3, -0.25) is 9.59 Å². The Morgan fingerprint density at radius 1 is 0.880 bits per heavy atom. The van der Waals surface area contributed by atoms with Gasteiger partial charge in [-0.15, -0.1) is 0 Å². The molecule has 0 aromatic heterocycles. The highest BCUT2D eigenvalue weighted by molar-refractivity contribution is 6.15. The van der Waals surface area contributed by atoms with E-state index in [9.17, 15) is 9.59 Å². The van der Waals surface area contributed by atoms with E-state index in [1.54, 1.807) is 12.1 Å². The first kappa shape index (κ1) is 17.4. The van der Waals surface area contributed by atoms with Crippen LogP contribution in [0.5, 0.6) is 0 Å². The lowest BCUT2D eigenvalue weighted by molar-refractivity contribution is 0.0620. The molecule has 1 heterocycles. The van der Waals surface area contributed by atoms with E-state index < -0.39 is 0 Å². The Labute approximate surface area is 149 Å². The molecule has 1 aliphatic heterocycles. The van der Waals surface area contributed by atoms with Crippen LogP contribution in [0.3, 0.4) is 0 Å². The zero-order valence-corrected chi connectivity index (χ0v) is 15.2. The fraction of sp³-hybridized carbons (Fsp3) is 0.364. The molecule has 2 aromatic carbocycles. The normalized spacial score (nSPS) is 20.4. The number of rotatable bonds is 3. The van der Waals surface area contributed by atoms with Gasteiger partial charge in [0, 0.05) is 24.2 Å². The quantitative estimate of drug-likeness (QED) is 0.782. The summed E-state index contributed by atoms with van der Waals surface area (Å²) < 4.78 is 0. The summed E-state index contributed by atoms with van der Waals surface area (Å²) in [6, 6.07) is 14.7. The number of likely N-dealkylation sites (tertiary alicyclic amines) is 1. The number of carbonyl (C=O) groups excluding carboxylic acids is 2. The molecule has 3 nitrogen and oxygen atoms in total. The van der Waals surface area contributed by atoms with Crippen LogP contribution in [0.1, 0.15) is 52.1 Å². The number of piperidine rings is 1. The van der Waals surface area contributed by atoms with Gasteiger partial charge in [0.15, 0.2) is 5.78 Å². The predicted octanol–water partition coefficient (Wildman–Crippen LogP) is 4.34. The van der Waals surface area contributed by atoms with Crippen LogP contribution in [0.15, 0.2) is 48.5 Å². The summed E-state index contributed by atoms with van der Waals surface area (Å²) in [5.41, 5.74) is 2.72. The van der Waals surface area contributed by atoms with Crippen molar-refractivity contribution < 1.29 is 9.59 Å². The molecule has 0 N–H and O–H groups in total. The number of hydrogen-bond donors (Lipinski definition) is 0. The minimum atomic E-state index is -0.0953. The summed E-state index contributed by atoms with van der Waals surface area (Å²) in [6.07, 6.45) is 1.15. The van der Waals surface area contributed by atoms with E-state index in [1.807, 2.05) is 48.2 Å². The summed E-state index contributed by atoms with van der Waals surface area (Å²) in [7, 11) is 0. The van der Waals surface area contributed by atoms with Gasteiger partial charge in [0.1, 0.15) is 0 Å². The van der Waals surface area contributed by atoms with Gasteiger partial charge in [0.05, 0.1) is 5.56 Å². The van der Waals surface area contributed by atoms with E-state index in [-0.39, 0.29) is 11.7 Å². The minimum Gasteiger partial charge on any atom is -0.338 e. The number of ketones is 1. The van der Waals surface area contributed by atoms with Crippen molar-refractivity contribution in [1.82, 2.24) is 4.90 Å². The predicted molar refractivity (Wildman–Crippen MR) is 99.9 cm³/mol. The molecule has 1 aliphatic rings. The Hall–Kier alpha value is -2.42. The Morgan fingerprint density at radius 2 is 1.44 bits per heavy atom. The average Bonchev–Trinajstić information content (AvgIpc) is 2.60. The molecule has 0 spiro atoms. The van der Waals surface area contributed by atoms with Crippen molar-refractivity contribution in [2.75, 3.05) is 13.1 Å². The number of amides is 1. The zero-order valence-electron chi connectivity index (χ0n) is 15.2. The Kier molecular flexibility index (Phi) is 5.03. The highest BCUT2D eigenvalue weighted by atomic mass is 16.2. The standard InChI is InChI=1S/C22H25NO2/c1-15-8-10-18(11-9-15)21(24)19-6-4-5-7-20(19)22(25)23-13-16(2)12-17(3)14-23/h4-11,16-17H,12-14H2,1-3H3. The van der Waals surface area contributed by atoms with Gasteiger partial charge in [-0.25, -0.2) is 0 Å². The maximum absolute atomic E-state index is 13.1. The van der Waals surface area contributed by atoms with Crippen LogP contribution in [0, 0.1) is 18.8 Å². The van der Waals surface area contributed by atoms with E-state index in [4.69, 9.17) is 0 Å². The number of hydrogen-bond acceptors (Lipinski definition) is 2. The molecule has 1 amide bonds. The average molecular weight is 335 g/mol. The maximum atomic E-state index is 13.1. The van der Waals surface area contributed by atoms with Crippen LogP contribution in [0.25, 0.3) is 0 Å². The third-order valence-electron chi connectivity index (χ3n) is 4.87. The van der Waals surface area contributed by atoms with Crippen molar-refractivity contribution in [3.8, 4) is 0 Å². The van der Waals surface area contributed by atoms with Crippen molar-refractivity contribution in [3.63, 3.8) is 0 Å². The number of carbonyl (C=O) groups is 2. The second-order valence-corrected chi connectivity index (χ2v) is 7.40. The number of aryl methyl sites for hydroxylation is 1. The van der Waals surface area contributed by atoms with Gasteiger partial charge in [-0.05, 0) is 31.2 Å². The van der Waals surface area contributed by atoms with Crippen molar-refractivity contribution in [2.24, 2.45) is 11.8 Å². The molecule has 3 heteroatoms. The lowest BCUT2D eigenvalue weighted by atomic mass is 9.90. The highest BCUT2D eigenvalue weighted by Gasteiger charge is 2.28. The van der Waals surface area contributed by atoms with Crippen LogP contribution in [0.2, 0.25) is 0 Å². The Bertz CT molecular complexity index is 769. The first-order valence-electron chi connectivity index (χ1n) is 8.95. The minimum absolute atomic E-state index is 0.0329. The van der Waals surface area contributed by atoms with Gasteiger partial charge in [-0.1, -0.05) is 61.9 Å². The molecule has 2 aromatic rings. The second kappa shape index (κ2) is 7.22. The van der Waals surface area contributed by atoms with Gasteiger partial charge in [-0.2, -0.15) is 0 Å². The summed E-state index contributed by atoms with van der Waals surface area (Å²) in [4.78, 5) is 27.9. The molecule has 2 atom stereocenters. The van der Waals surface area contributed by atoms with Crippen molar-refractivity contribution in [1.29, 1.82) is 0 Å². The van der Waals surface area contributed by atoms with E-state index >= 15 is 0 Å². The summed E-state index contributed by atoms with van der Waals surface area (Å²) in [5.74, 6) is 0.858. The third kappa shape index (κ3) is 3.81. The van der Waals surface area contributed by atoms with Gasteiger partial charge >= 0.3 is 0 Å². The van der Waals surface area contributed by atoms with E-state index in [0.717, 1.165) is 25.1 Å². The van der Waals surface area contributed by atoms with Crippen LogP contribution in [-0.4, -0.2) is 29.7 Å². The fourth-order valence-electron chi connectivity index (χ4n) is 3.73. The smallest absolute Gasteiger partial charge is 0.254 e. The molecular weight excluding hydrogens is 310 g/mol. The molecular formula is C22H25NO2. The molecule has 25 heavy (non-hydrogen) atoms. The van der Waals surface area contributed by atoms with Gasteiger partial charge < -0.3 is 4.90 Å². The second-order valence-electron chi connectivity index (χ2n) is 7.40. The van der Waals surface area contributed by atoms with Gasteiger partial charge in [0.25, 0.3) is 5.91 Å². The van der Waals surface area contributed by atoms with Crippen LogP contribution in [0.4, 0.5) is 0 Å². The molecule has 1 saturated heterocycles. The molecule has 2 unspecified atom stereocenters. The van der Waals surface area contributed by atoms with Gasteiger partial charge in [0.2, 0.25) is 0 Å². The van der Waals surface area contributed by atoms with Crippen LogP contribution in [-0.2, 0) is 0 Å². The lowest BCUT2D eigenvalue weighted by Gasteiger charge is -2.35. The molecule has 0 saturated carbocycles. The topological polar surface area (TPSA) is 37.4 Å². The number of benzene rings is 2. The lowest BCUT2D eigenvalue weighted by Crippen LogP contribution is -2.43. The van der Waals surface area contributed by atoms with E-state index in [0.29, 0.717) is 28.5 Å². The summed E-state index contributed by atoms with van der Waals surface area (Å²) in [5, 5.41) is 0. The largest absolute Gasteiger partial charge is 0.338 e. The first-order chi connectivity index (χ1) is 12.0. The fourth-order valence-corrected chi connectivity index (χ4v) is 3.73. The molecule has 0 bridgehead atoms. The molecule has 1 fully saturated rings. The summed E-state index contributed by atoms with van der Waals surface area (Å²) >= 11 is 0. The SMILES string of the molecule is Cc1ccc(C(=O)c2ccccc2C(=O)N2CC(C)CC(C)C2)cc1. The zero-order chi connectivity index (χ0) is 18.0. The first-order valence-corrected chi connectivity index (χ1v) is 8.95. The highest BCUT2D eigenvalue weighted by Crippen LogP contribution is 2.24. The molecule has 3 rings (SSSR count). The van der Waals surface area contributed by atoms with E-state index in [2.05, 4.69) is 13.8 Å². The molecule has 0 aliphatic carbocycles. The van der Waals surface area contributed by atoms with Crippen molar-refractivity contribution in [2.45, 2.75) is 27.2 Å². The summed E-state index contributed by atoms with van der Waals surface area (Å²) in [6.45, 7) is 7.87. The number of nitrogens with zero attached hydrogens (tertiary/aromatic N) is 1. The van der Waals surface area contributed by atoms with Crippen molar-refractivity contribution >= 4 is 11.7 Å². The third-order valence-corrected chi connectivity index (χ3v) is 4.87. The van der Waals surface area contributed by atoms with Crippen LogP contribution < -0.4 is 0 Å². The van der Waals surface area contributed by atoms with Crippen LogP contribution >= 0.6 is 0 Å². The Balaban J connectivity index is 1.91. The molecule has 130 valence electrons. The Morgan fingerprint density at radius 3 is 2.04 bits per heavy atom.